The van der Waals surface area contributed by atoms with Gasteiger partial charge in [-0.3, -0.25) is 4.79 Å². The molecule has 0 spiro atoms. The van der Waals surface area contributed by atoms with Crippen LogP contribution in [0.3, 0.4) is 0 Å². The maximum atomic E-state index is 12.4. The molecule has 0 aromatic heterocycles. The van der Waals surface area contributed by atoms with E-state index in [2.05, 4.69) is 5.32 Å². The Morgan fingerprint density at radius 3 is 2.52 bits per heavy atom. The standard InChI is InChI=1S/C16H17ClN2O2/c1-10(11-6-8-12(17)9-7-11)19-16(20)13-4-3-5-14(18)15(13)21-2/h3-10H,18H2,1-2H3,(H,19,20). The zero-order chi connectivity index (χ0) is 15.4. The van der Waals surface area contributed by atoms with Crippen LogP contribution in [-0.4, -0.2) is 13.0 Å². The van der Waals surface area contributed by atoms with Gasteiger partial charge in [-0.1, -0.05) is 29.8 Å². The van der Waals surface area contributed by atoms with Gasteiger partial charge in [-0.25, -0.2) is 0 Å². The first-order chi connectivity index (χ1) is 10.0. The van der Waals surface area contributed by atoms with Crippen LogP contribution in [0.15, 0.2) is 42.5 Å². The van der Waals surface area contributed by atoms with E-state index in [9.17, 15) is 4.79 Å². The van der Waals surface area contributed by atoms with Gasteiger partial charge in [-0.2, -0.15) is 0 Å². The molecule has 0 saturated heterocycles. The highest BCUT2D eigenvalue weighted by Gasteiger charge is 2.17. The average Bonchev–Trinajstić information content (AvgIpc) is 2.47. The number of hydrogen-bond acceptors (Lipinski definition) is 3. The SMILES string of the molecule is COc1c(N)cccc1C(=O)NC(C)c1ccc(Cl)cc1. The third-order valence-corrected chi connectivity index (χ3v) is 3.46. The molecule has 0 bridgehead atoms. The van der Waals surface area contributed by atoms with Gasteiger partial charge in [0, 0.05) is 5.02 Å². The first-order valence-electron chi connectivity index (χ1n) is 6.51. The average molecular weight is 305 g/mol. The molecule has 2 aromatic carbocycles. The van der Waals surface area contributed by atoms with Gasteiger partial charge >= 0.3 is 0 Å². The van der Waals surface area contributed by atoms with Crippen LogP contribution in [0.4, 0.5) is 5.69 Å². The molecule has 1 atom stereocenters. The fourth-order valence-electron chi connectivity index (χ4n) is 2.07. The molecule has 2 rings (SSSR count). The second-order valence-electron chi connectivity index (χ2n) is 4.67. The first-order valence-corrected chi connectivity index (χ1v) is 6.89. The van der Waals surface area contributed by atoms with E-state index in [-0.39, 0.29) is 11.9 Å². The molecule has 0 aliphatic heterocycles. The number of para-hydroxylation sites is 1. The summed E-state index contributed by atoms with van der Waals surface area (Å²) in [6, 6.07) is 12.3. The van der Waals surface area contributed by atoms with Crippen LogP contribution in [0.2, 0.25) is 5.02 Å². The van der Waals surface area contributed by atoms with Gasteiger partial charge < -0.3 is 15.8 Å². The van der Waals surface area contributed by atoms with Gasteiger partial charge in [0.15, 0.2) is 5.75 Å². The van der Waals surface area contributed by atoms with Gasteiger partial charge in [-0.15, -0.1) is 0 Å². The monoisotopic (exact) mass is 304 g/mol. The molecule has 21 heavy (non-hydrogen) atoms. The number of ether oxygens (including phenoxy) is 1. The molecule has 2 aromatic rings. The molecule has 3 N–H and O–H groups in total. The highest BCUT2D eigenvalue weighted by atomic mass is 35.5. The van der Waals surface area contributed by atoms with Gasteiger partial charge in [-0.05, 0) is 36.8 Å². The molecule has 0 heterocycles. The fraction of sp³-hybridized carbons (Fsp3) is 0.188. The molecule has 0 fully saturated rings. The zero-order valence-electron chi connectivity index (χ0n) is 11.9. The third kappa shape index (κ3) is 3.47. The Hall–Kier alpha value is -2.20. The Morgan fingerprint density at radius 1 is 1.24 bits per heavy atom. The summed E-state index contributed by atoms with van der Waals surface area (Å²) in [6.45, 7) is 1.90. The number of nitrogen functional groups attached to an aromatic ring is 1. The highest BCUT2D eigenvalue weighted by Crippen LogP contribution is 2.26. The van der Waals surface area contributed by atoms with Crippen molar-refractivity contribution >= 4 is 23.2 Å². The fourth-order valence-corrected chi connectivity index (χ4v) is 2.20. The lowest BCUT2D eigenvalue weighted by atomic mass is 10.1. The van der Waals surface area contributed by atoms with Gasteiger partial charge in [0.2, 0.25) is 0 Å². The number of hydrogen-bond donors (Lipinski definition) is 2. The highest BCUT2D eigenvalue weighted by molar-refractivity contribution is 6.30. The van der Waals surface area contributed by atoms with E-state index in [0.29, 0.717) is 22.0 Å². The Bertz CT molecular complexity index is 641. The van der Waals surface area contributed by atoms with Crippen molar-refractivity contribution in [3.05, 3.63) is 58.6 Å². The van der Waals surface area contributed by atoms with Crippen molar-refractivity contribution in [2.24, 2.45) is 0 Å². The quantitative estimate of drug-likeness (QED) is 0.851. The summed E-state index contributed by atoms with van der Waals surface area (Å²) < 4.78 is 5.20. The number of methoxy groups -OCH3 is 1. The molecular formula is C16H17ClN2O2. The van der Waals surface area contributed by atoms with E-state index in [1.807, 2.05) is 19.1 Å². The molecule has 0 aliphatic carbocycles. The zero-order valence-corrected chi connectivity index (χ0v) is 12.6. The number of halogens is 1. The van der Waals surface area contributed by atoms with Gasteiger partial charge in [0.05, 0.1) is 24.4 Å². The summed E-state index contributed by atoms with van der Waals surface area (Å²) >= 11 is 5.86. The Kier molecular flexibility index (Phi) is 4.70. The number of carbonyl (C=O) groups is 1. The van der Waals surface area contributed by atoms with Crippen LogP contribution >= 0.6 is 11.6 Å². The number of benzene rings is 2. The molecule has 0 radical (unpaired) electrons. The van der Waals surface area contributed by atoms with Crippen LogP contribution in [0.5, 0.6) is 5.75 Å². The van der Waals surface area contributed by atoms with Crippen molar-refractivity contribution in [3.63, 3.8) is 0 Å². The van der Waals surface area contributed by atoms with E-state index in [4.69, 9.17) is 22.1 Å². The normalized spacial score (nSPS) is 11.8. The van der Waals surface area contributed by atoms with Gasteiger partial charge in [0.25, 0.3) is 5.91 Å². The topological polar surface area (TPSA) is 64.3 Å². The minimum Gasteiger partial charge on any atom is -0.494 e. The van der Waals surface area contributed by atoms with Crippen molar-refractivity contribution in [2.45, 2.75) is 13.0 Å². The lowest BCUT2D eigenvalue weighted by Crippen LogP contribution is -2.27. The molecule has 0 aliphatic rings. The van der Waals surface area contributed by atoms with E-state index >= 15 is 0 Å². The van der Waals surface area contributed by atoms with Gasteiger partial charge in [0.1, 0.15) is 0 Å². The number of carbonyl (C=O) groups excluding carboxylic acids is 1. The minimum atomic E-state index is -0.235. The molecule has 110 valence electrons. The number of anilines is 1. The number of nitrogens with two attached hydrogens (primary N) is 1. The van der Waals surface area contributed by atoms with Crippen molar-refractivity contribution in [1.82, 2.24) is 5.32 Å². The Morgan fingerprint density at radius 2 is 1.90 bits per heavy atom. The predicted octanol–water partition coefficient (Wildman–Crippen LogP) is 3.42. The van der Waals surface area contributed by atoms with Crippen molar-refractivity contribution in [2.75, 3.05) is 12.8 Å². The summed E-state index contributed by atoms with van der Waals surface area (Å²) in [4.78, 5) is 12.4. The maximum Gasteiger partial charge on any atom is 0.255 e. The molecule has 5 heteroatoms. The summed E-state index contributed by atoms with van der Waals surface area (Å²) in [6.07, 6.45) is 0. The van der Waals surface area contributed by atoms with Crippen LogP contribution in [0.1, 0.15) is 28.9 Å². The second kappa shape index (κ2) is 6.50. The number of rotatable bonds is 4. The largest absolute Gasteiger partial charge is 0.494 e. The van der Waals surface area contributed by atoms with Crippen LogP contribution in [-0.2, 0) is 0 Å². The first kappa shape index (κ1) is 15.2. The second-order valence-corrected chi connectivity index (χ2v) is 5.11. The number of amides is 1. The van der Waals surface area contributed by atoms with Crippen molar-refractivity contribution in [1.29, 1.82) is 0 Å². The Balaban J connectivity index is 2.18. The van der Waals surface area contributed by atoms with E-state index in [1.54, 1.807) is 30.3 Å². The summed E-state index contributed by atoms with van der Waals surface area (Å²) in [7, 11) is 1.49. The van der Waals surface area contributed by atoms with Crippen LogP contribution in [0.25, 0.3) is 0 Å². The van der Waals surface area contributed by atoms with E-state index in [1.165, 1.54) is 7.11 Å². The molecular weight excluding hydrogens is 288 g/mol. The van der Waals surface area contributed by atoms with E-state index < -0.39 is 0 Å². The smallest absolute Gasteiger partial charge is 0.255 e. The molecule has 1 amide bonds. The minimum absolute atomic E-state index is 0.152. The predicted molar refractivity (Wildman–Crippen MR) is 84.7 cm³/mol. The molecule has 1 unspecified atom stereocenters. The van der Waals surface area contributed by atoms with Crippen molar-refractivity contribution < 1.29 is 9.53 Å². The Labute approximate surface area is 128 Å². The summed E-state index contributed by atoms with van der Waals surface area (Å²) in [5, 5.41) is 3.58. The van der Waals surface area contributed by atoms with Crippen LogP contribution < -0.4 is 15.8 Å². The van der Waals surface area contributed by atoms with Crippen molar-refractivity contribution in [3.8, 4) is 5.75 Å². The molecule has 0 saturated carbocycles. The number of nitrogens with one attached hydrogen (secondary N) is 1. The molecule has 4 nitrogen and oxygen atoms in total. The van der Waals surface area contributed by atoms with E-state index in [0.717, 1.165) is 5.56 Å². The lowest BCUT2D eigenvalue weighted by molar-refractivity contribution is 0.0937. The third-order valence-electron chi connectivity index (χ3n) is 3.21. The van der Waals surface area contributed by atoms with Crippen LogP contribution in [0, 0.1) is 0 Å². The maximum absolute atomic E-state index is 12.4. The lowest BCUT2D eigenvalue weighted by Gasteiger charge is -2.16. The summed E-state index contributed by atoms with van der Waals surface area (Å²) in [5.41, 5.74) is 7.63. The summed E-state index contributed by atoms with van der Waals surface area (Å²) in [5.74, 6) is 0.153.